The van der Waals surface area contributed by atoms with Crippen LogP contribution in [0.4, 0.5) is 11.6 Å². The fraction of sp³-hybridized carbons (Fsp3) is 0.130. The van der Waals surface area contributed by atoms with E-state index in [1.165, 1.54) is 4.57 Å². The van der Waals surface area contributed by atoms with E-state index in [4.69, 9.17) is 16.6 Å². The highest BCUT2D eigenvalue weighted by molar-refractivity contribution is 6.30. The Morgan fingerprint density at radius 3 is 2.35 bits per heavy atom. The number of benzene rings is 2. The van der Waals surface area contributed by atoms with E-state index in [1.807, 2.05) is 35.2 Å². The third-order valence-electron chi connectivity index (χ3n) is 5.27. The van der Waals surface area contributed by atoms with Crippen molar-refractivity contribution in [2.45, 2.75) is 0 Å². The molecule has 0 spiro atoms. The van der Waals surface area contributed by atoms with Gasteiger partial charge in [-0.1, -0.05) is 29.8 Å². The summed E-state index contributed by atoms with van der Waals surface area (Å²) in [6.45, 7) is 1.14. The zero-order valence-corrected chi connectivity index (χ0v) is 17.2. The molecule has 7 nitrogen and oxygen atoms in total. The number of hydrogen-bond donors (Lipinski definition) is 0. The van der Waals surface area contributed by atoms with E-state index in [1.54, 1.807) is 47.5 Å². The second kappa shape index (κ2) is 7.85. The molecule has 5 rings (SSSR count). The molecule has 154 valence electrons. The number of pyridine rings is 1. The predicted octanol–water partition coefficient (Wildman–Crippen LogP) is 3.29. The molecule has 8 heteroatoms. The van der Waals surface area contributed by atoms with Crippen molar-refractivity contribution in [2.24, 2.45) is 0 Å². The molecule has 0 atom stereocenters. The highest BCUT2D eigenvalue weighted by Crippen LogP contribution is 2.23. The summed E-state index contributed by atoms with van der Waals surface area (Å²) in [6, 6.07) is 20.0. The van der Waals surface area contributed by atoms with Crippen molar-refractivity contribution in [1.82, 2.24) is 14.5 Å². The van der Waals surface area contributed by atoms with E-state index in [0.717, 1.165) is 5.69 Å². The Labute approximate surface area is 183 Å². The third kappa shape index (κ3) is 3.53. The number of rotatable bonds is 3. The van der Waals surface area contributed by atoms with Gasteiger partial charge in [-0.3, -0.25) is 9.59 Å². The average molecular weight is 432 g/mol. The first-order valence-corrected chi connectivity index (χ1v) is 10.2. The first-order chi connectivity index (χ1) is 15.1. The Kier molecular flexibility index (Phi) is 4.88. The van der Waals surface area contributed by atoms with Gasteiger partial charge in [0, 0.05) is 30.0 Å². The fourth-order valence-electron chi connectivity index (χ4n) is 3.77. The molecular formula is C23H18ClN5O2. The lowest BCUT2D eigenvalue weighted by molar-refractivity contribution is -0.117. The molecule has 1 amide bonds. The highest BCUT2D eigenvalue weighted by atomic mass is 35.5. The topological polar surface area (TPSA) is 71.3 Å². The number of nitrogens with zero attached hydrogens (tertiary/aromatic N) is 5. The van der Waals surface area contributed by atoms with Crippen molar-refractivity contribution >= 4 is 40.2 Å². The SMILES string of the molecule is O=C1CN(c2nc3cccnc3c(=O)n2-c2ccc(Cl)cc2)CCN1c1ccccc1. The van der Waals surface area contributed by atoms with Crippen LogP contribution in [0.2, 0.25) is 5.02 Å². The number of amides is 1. The maximum atomic E-state index is 13.4. The summed E-state index contributed by atoms with van der Waals surface area (Å²) in [5.74, 6) is 0.356. The summed E-state index contributed by atoms with van der Waals surface area (Å²) < 4.78 is 1.50. The molecular weight excluding hydrogens is 414 g/mol. The largest absolute Gasteiger partial charge is 0.331 e. The van der Waals surface area contributed by atoms with Crippen molar-refractivity contribution in [3.63, 3.8) is 0 Å². The van der Waals surface area contributed by atoms with E-state index in [-0.39, 0.29) is 23.5 Å². The lowest BCUT2D eigenvalue weighted by atomic mass is 10.2. The molecule has 0 unspecified atom stereocenters. The Morgan fingerprint density at radius 2 is 1.61 bits per heavy atom. The number of halogens is 1. The van der Waals surface area contributed by atoms with E-state index >= 15 is 0 Å². The van der Waals surface area contributed by atoms with Gasteiger partial charge >= 0.3 is 0 Å². The Hall–Kier alpha value is -3.71. The molecule has 2 aromatic carbocycles. The van der Waals surface area contributed by atoms with Gasteiger partial charge in [0.15, 0.2) is 5.52 Å². The van der Waals surface area contributed by atoms with Crippen molar-refractivity contribution in [3.05, 3.63) is 88.3 Å². The van der Waals surface area contributed by atoms with Gasteiger partial charge in [-0.15, -0.1) is 0 Å². The number of para-hydroxylation sites is 1. The zero-order valence-electron chi connectivity index (χ0n) is 16.5. The van der Waals surface area contributed by atoms with Crippen LogP contribution in [0.5, 0.6) is 0 Å². The van der Waals surface area contributed by atoms with Gasteiger partial charge in [-0.25, -0.2) is 14.5 Å². The minimum atomic E-state index is -0.291. The highest BCUT2D eigenvalue weighted by Gasteiger charge is 2.28. The number of aromatic nitrogens is 3. The fourth-order valence-corrected chi connectivity index (χ4v) is 3.89. The van der Waals surface area contributed by atoms with Gasteiger partial charge < -0.3 is 9.80 Å². The van der Waals surface area contributed by atoms with Gasteiger partial charge in [-0.2, -0.15) is 0 Å². The standard InChI is InChI=1S/C23H18ClN5O2/c24-16-8-10-18(11-9-16)29-22(31)21-19(7-4-12-25-21)26-23(29)27-13-14-28(20(30)15-27)17-5-2-1-3-6-17/h1-12H,13-15H2. The summed E-state index contributed by atoms with van der Waals surface area (Å²) in [4.78, 5) is 38.8. The van der Waals surface area contributed by atoms with Gasteiger partial charge in [0.05, 0.1) is 11.2 Å². The molecule has 1 saturated heterocycles. The van der Waals surface area contributed by atoms with Crippen LogP contribution in [0.15, 0.2) is 77.7 Å². The molecule has 0 radical (unpaired) electrons. The second-order valence-electron chi connectivity index (χ2n) is 7.20. The molecule has 0 saturated carbocycles. The van der Waals surface area contributed by atoms with E-state index in [2.05, 4.69) is 4.98 Å². The van der Waals surface area contributed by atoms with Crippen LogP contribution in [0.3, 0.4) is 0 Å². The number of carbonyl (C=O) groups is 1. The Bertz CT molecular complexity index is 1320. The van der Waals surface area contributed by atoms with Crippen molar-refractivity contribution < 1.29 is 4.79 Å². The summed E-state index contributed by atoms with van der Waals surface area (Å²) in [5, 5.41) is 0.567. The zero-order chi connectivity index (χ0) is 21.4. The minimum Gasteiger partial charge on any atom is -0.331 e. The molecule has 0 aliphatic carbocycles. The van der Waals surface area contributed by atoms with E-state index in [0.29, 0.717) is 35.3 Å². The number of hydrogen-bond acceptors (Lipinski definition) is 5. The molecule has 1 aliphatic heterocycles. The van der Waals surface area contributed by atoms with Gasteiger partial charge in [0.25, 0.3) is 5.56 Å². The summed E-state index contributed by atoms with van der Waals surface area (Å²) in [7, 11) is 0. The van der Waals surface area contributed by atoms with Crippen LogP contribution in [-0.4, -0.2) is 40.1 Å². The van der Waals surface area contributed by atoms with Gasteiger partial charge in [-0.05, 0) is 48.5 Å². The minimum absolute atomic E-state index is 0.0550. The van der Waals surface area contributed by atoms with Crippen molar-refractivity contribution in [2.75, 3.05) is 29.4 Å². The molecule has 1 aliphatic rings. The summed E-state index contributed by atoms with van der Waals surface area (Å²) in [6.07, 6.45) is 1.57. The molecule has 0 N–H and O–H groups in total. The van der Waals surface area contributed by atoms with E-state index in [9.17, 15) is 9.59 Å². The maximum Gasteiger partial charge on any atom is 0.286 e. The lowest BCUT2D eigenvalue weighted by Gasteiger charge is -2.35. The van der Waals surface area contributed by atoms with E-state index < -0.39 is 0 Å². The lowest BCUT2D eigenvalue weighted by Crippen LogP contribution is -2.52. The van der Waals surface area contributed by atoms with Crippen LogP contribution in [0.1, 0.15) is 0 Å². The van der Waals surface area contributed by atoms with Crippen LogP contribution in [0.25, 0.3) is 16.7 Å². The number of carbonyl (C=O) groups excluding carboxylic acids is 1. The monoisotopic (exact) mass is 431 g/mol. The predicted molar refractivity (Wildman–Crippen MR) is 121 cm³/mol. The van der Waals surface area contributed by atoms with Crippen LogP contribution in [-0.2, 0) is 4.79 Å². The van der Waals surface area contributed by atoms with Gasteiger partial charge in [0.1, 0.15) is 6.54 Å². The maximum absolute atomic E-state index is 13.4. The average Bonchev–Trinajstić information content (AvgIpc) is 2.80. The van der Waals surface area contributed by atoms with Crippen molar-refractivity contribution in [3.8, 4) is 5.69 Å². The number of anilines is 2. The Balaban J connectivity index is 1.59. The normalized spacial score (nSPS) is 14.3. The second-order valence-corrected chi connectivity index (χ2v) is 7.64. The molecule has 0 bridgehead atoms. The number of piperazine rings is 1. The van der Waals surface area contributed by atoms with Crippen LogP contribution >= 0.6 is 11.6 Å². The molecule has 1 fully saturated rings. The molecule has 4 aromatic rings. The van der Waals surface area contributed by atoms with Crippen LogP contribution in [0, 0.1) is 0 Å². The number of fused-ring (bicyclic) bond motifs is 1. The Morgan fingerprint density at radius 1 is 0.839 bits per heavy atom. The molecule has 31 heavy (non-hydrogen) atoms. The molecule has 3 heterocycles. The summed E-state index contributed by atoms with van der Waals surface area (Å²) >= 11 is 6.04. The summed E-state index contributed by atoms with van der Waals surface area (Å²) in [5.41, 5.74) is 1.95. The van der Waals surface area contributed by atoms with Crippen molar-refractivity contribution in [1.29, 1.82) is 0 Å². The first-order valence-electron chi connectivity index (χ1n) is 9.86. The van der Waals surface area contributed by atoms with Crippen LogP contribution < -0.4 is 15.4 Å². The third-order valence-corrected chi connectivity index (χ3v) is 5.52. The first kappa shape index (κ1) is 19.3. The van der Waals surface area contributed by atoms with Gasteiger partial charge in [0.2, 0.25) is 11.9 Å². The quantitative estimate of drug-likeness (QED) is 0.497. The smallest absolute Gasteiger partial charge is 0.286 e. The molecule has 2 aromatic heterocycles.